The van der Waals surface area contributed by atoms with Crippen molar-refractivity contribution in [3.05, 3.63) is 35.4 Å². The molecule has 90 valence electrons. The molecule has 0 bridgehead atoms. The van der Waals surface area contributed by atoms with Crippen LogP contribution >= 0.6 is 0 Å². The first kappa shape index (κ1) is 11.0. The summed E-state index contributed by atoms with van der Waals surface area (Å²) in [6.45, 7) is 0. The second-order valence-electron chi connectivity index (χ2n) is 5.34. The number of carbonyl (C=O) groups is 1. The molecule has 2 aliphatic carbocycles. The maximum Gasteiger partial charge on any atom is 0.163 e. The first-order chi connectivity index (χ1) is 8.28. The number of hydrogen-bond acceptors (Lipinski definition) is 2. The Labute approximate surface area is 102 Å². The first-order valence-electron chi connectivity index (χ1n) is 6.59. The monoisotopic (exact) mass is 229 g/mol. The fourth-order valence-corrected chi connectivity index (χ4v) is 3.79. The molecule has 1 aromatic carbocycles. The summed E-state index contributed by atoms with van der Waals surface area (Å²) in [6, 6.07) is 8.16. The number of benzene rings is 1. The molecule has 2 aliphatic rings. The molecule has 2 unspecified atom stereocenters. The van der Waals surface area contributed by atoms with Gasteiger partial charge in [0.15, 0.2) is 5.78 Å². The zero-order valence-corrected chi connectivity index (χ0v) is 10.3. The number of hydrogen-bond donors (Lipinski definition) is 1. The van der Waals surface area contributed by atoms with Crippen LogP contribution in [0.15, 0.2) is 24.3 Å². The van der Waals surface area contributed by atoms with E-state index in [0.29, 0.717) is 11.7 Å². The zero-order chi connectivity index (χ0) is 11.9. The summed E-state index contributed by atoms with van der Waals surface area (Å²) >= 11 is 0. The van der Waals surface area contributed by atoms with Crippen molar-refractivity contribution >= 4 is 5.78 Å². The first-order valence-corrected chi connectivity index (χ1v) is 6.59. The number of ketones is 1. The molecule has 2 nitrogen and oxygen atoms in total. The van der Waals surface area contributed by atoms with Crippen LogP contribution in [0, 0.1) is 5.92 Å². The SMILES string of the molecule is CNC12CCCCC1CC(=O)c1ccccc12. The molecular weight excluding hydrogens is 210 g/mol. The van der Waals surface area contributed by atoms with E-state index in [-0.39, 0.29) is 5.54 Å². The van der Waals surface area contributed by atoms with Gasteiger partial charge in [-0.05, 0) is 31.4 Å². The Morgan fingerprint density at radius 3 is 2.94 bits per heavy atom. The quantitative estimate of drug-likeness (QED) is 0.802. The normalized spacial score (nSPS) is 31.8. The summed E-state index contributed by atoms with van der Waals surface area (Å²) in [6.07, 6.45) is 5.60. The summed E-state index contributed by atoms with van der Waals surface area (Å²) in [4.78, 5) is 12.2. The van der Waals surface area contributed by atoms with Crippen molar-refractivity contribution in [1.82, 2.24) is 5.32 Å². The molecule has 0 aromatic heterocycles. The van der Waals surface area contributed by atoms with Crippen LogP contribution in [0.1, 0.15) is 48.0 Å². The average molecular weight is 229 g/mol. The summed E-state index contributed by atoms with van der Waals surface area (Å²) in [5, 5.41) is 3.54. The Morgan fingerprint density at radius 1 is 1.29 bits per heavy atom. The number of fused-ring (bicyclic) bond motifs is 3. The molecule has 0 spiro atoms. The van der Waals surface area contributed by atoms with Crippen LogP contribution in [0.2, 0.25) is 0 Å². The summed E-state index contributed by atoms with van der Waals surface area (Å²) < 4.78 is 0. The number of Topliss-reactive ketones (excluding diaryl/α,β-unsaturated/α-hetero) is 1. The molecule has 0 radical (unpaired) electrons. The van der Waals surface area contributed by atoms with E-state index in [2.05, 4.69) is 17.4 Å². The molecular formula is C15H19NO. The van der Waals surface area contributed by atoms with Crippen molar-refractivity contribution in [1.29, 1.82) is 0 Å². The molecule has 0 heterocycles. The third-order valence-corrected chi connectivity index (χ3v) is 4.66. The molecule has 1 fully saturated rings. The fourth-order valence-electron chi connectivity index (χ4n) is 3.79. The van der Waals surface area contributed by atoms with Crippen molar-refractivity contribution in [3.8, 4) is 0 Å². The van der Waals surface area contributed by atoms with E-state index >= 15 is 0 Å². The average Bonchev–Trinajstić information content (AvgIpc) is 2.39. The van der Waals surface area contributed by atoms with Gasteiger partial charge in [0, 0.05) is 17.5 Å². The molecule has 1 saturated carbocycles. The molecule has 2 atom stereocenters. The lowest BCUT2D eigenvalue weighted by Crippen LogP contribution is -2.52. The number of rotatable bonds is 1. The van der Waals surface area contributed by atoms with E-state index in [4.69, 9.17) is 0 Å². The Kier molecular flexibility index (Phi) is 2.55. The number of carbonyl (C=O) groups excluding carboxylic acids is 1. The maximum absolute atomic E-state index is 12.2. The lowest BCUT2D eigenvalue weighted by molar-refractivity contribution is 0.0790. The second kappa shape index (κ2) is 3.95. The van der Waals surface area contributed by atoms with Gasteiger partial charge in [0.05, 0.1) is 0 Å². The molecule has 1 N–H and O–H groups in total. The zero-order valence-electron chi connectivity index (χ0n) is 10.3. The standard InChI is InChI=1S/C15H19NO/c1-16-15-9-5-4-6-11(15)10-14(17)12-7-2-3-8-13(12)15/h2-3,7-8,11,16H,4-6,9-10H2,1H3. The minimum Gasteiger partial charge on any atom is -0.310 e. The van der Waals surface area contributed by atoms with E-state index in [1.165, 1.54) is 31.2 Å². The Morgan fingerprint density at radius 2 is 2.12 bits per heavy atom. The van der Waals surface area contributed by atoms with Crippen LogP contribution in [-0.2, 0) is 5.54 Å². The van der Waals surface area contributed by atoms with Gasteiger partial charge in [-0.25, -0.2) is 0 Å². The van der Waals surface area contributed by atoms with Crippen LogP contribution < -0.4 is 5.32 Å². The largest absolute Gasteiger partial charge is 0.310 e. The fraction of sp³-hybridized carbons (Fsp3) is 0.533. The van der Waals surface area contributed by atoms with Gasteiger partial charge in [0.25, 0.3) is 0 Å². The van der Waals surface area contributed by atoms with E-state index in [1.54, 1.807) is 0 Å². The van der Waals surface area contributed by atoms with Crippen molar-refractivity contribution in [2.45, 2.75) is 37.6 Å². The van der Waals surface area contributed by atoms with Crippen molar-refractivity contribution in [2.24, 2.45) is 5.92 Å². The Bertz CT molecular complexity index is 454. The third-order valence-electron chi connectivity index (χ3n) is 4.66. The lowest BCUT2D eigenvalue weighted by atomic mass is 9.62. The van der Waals surface area contributed by atoms with Gasteiger partial charge in [0.2, 0.25) is 0 Å². The highest BCUT2D eigenvalue weighted by atomic mass is 16.1. The molecule has 0 aliphatic heterocycles. The van der Waals surface area contributed by atoms with Gasteiger partial charge >= 0.3 is 0 Å². The molecule has 0 saturated heterocycles. The van der Waals surface area contributed by atoms with E-state index in [1.807, 2.05) is 19.2 Å². The van der Waals surface area contributed by atoms with Crippen LogP contribution in [0.25, 0.3) is 0 Å². The van der Waals surface area contributed by atoms with E-state index in [9.17, 15) is 4.79 Å². The van der Waals surface area contributed by atoms with Crippen molar-refractivity contribution in [2.75, 3.05) is 7.05 Å². The van der Waals surface area contributed by atoms with Gasteiger partial charge in [0.1, 0.15) is 0 Å². The van der Waals surface area contributed by atoms with E-state index < -0.39 is 0 Å². The van der Waals surface area contributed by atoms with Gasteiger partial charge in [-0.1, -0.05) is 37.1 Å². The van der Waals surface area contributed by atoms with Crippen LogP contribution in [0.4, 0.5) is 0 Å². The highest BCUT2D eigenvalue weighted by Crippen LogP contribution is 2.47. The lowest BCUT2D eigenvalue weighted by Gasteiger charge is -2.48. The summed E-state index contributed by atoms with van der Waals surface area (Å²) in [7, 11) is 2.05. The maximum atomic E-state index is 12.2. The highest BCUT2D eigenvalue weighted by molar-refractivity contribution is 5.99. The summed E-state index contributed by atoms with van der Waals surface area (Å²) in [5.74, 6) is 0.821. The van der Waals surface area contributed by atoms with Crippen LogP contribution in [0.5, 0.6) is 0 Å². The topological polar surface area (TPSA) is 29.1 Å². The smallest absolute Gasteiger partial charge is 0.163 e. The van der Waals surface area contributed by atoms with Crippen molar-refractivity contribution < 1.29 is 4.79 Å². The molecule has 3 rings (SSSR count). The molecule has 1 aromatic rings. The molecule has 17 heavy (non-hydrogen) atoms. The highest BCUT2D eigenvalue weighted by Gasteiger charge is 2.46. The van der Waals surface area contributed by atoms with Gasteiger partial charge in [-0.15, -0.1) is 0 Å². The Hall–Kier alpha value is -1.15. The molecule has 2 heteroatoms. The van der Waals surface area contributed by atoms with Crippen LogP contribution in [-0.4, -0.2) is 12.8 Å². The minimum atomic E-state index is 0.0583. The molecule has 0 amide bonds. The van der Waals surface area contributed by atoms with Gasteiger partial charge in [-0.3, -0.25) is 4.79 Å². The van der Waals surface area contributed by atoms with Crippen LogP contribution in [0.3, 0.4) is 0 Å². The van der Waals surface area contributed by atoms with E-state index in [0.717, 1.165) is 12.0 Å². The predicted molar refractivity (Wildman–Crippen MR) is 68.1 cm³/mol. The minimum absolute atomic E-state index is 0.0583. The second-order valence-corrected chi connectivity index (χ2v) is 5.34. The van der Waals surface area contributed by atoms with Gasteiger partial charge in [-0.2, -0.15) is 0 Å². The van der Waals surface area contributed by atoms with Crippen molar-refractivity contribution in [3.63, 3.8) is 0 Å². The van der Waals surface area contributed by atoms with Gasteiger partial charge < -0.3 is 5.32 Å². The summed E-state index contributed by atoms with van der Waals surface area (Å²) in [5.41, 5.74) is 2.24. The third kappa shape index (κ3) is 1.47. The Balaban J connectivity index is 2.17. The number of nitrogens with one attached hydrogen (secondary N) is 1. The predicted octanol–water partition coefficient (Wildman–Crippen LogP) is 2.88.